The van der Waals surface area contributed by atoms with Crippen molar-refractivity contribution in [1.82, 2.24) is 9.55 Å². The molecule has 1 heterocycles. The van der Waals surface area contributed by atoms with Gasteiger partial charge in [-0.3, -0.25) is 0 Å². The minimum atomic E-state index is -0.314. The van der Waals surface area contributed by atoms with Gasteiger partial charge in [-0.2, -0.15) is 0 Å². The van der Waals surface area contributed by atoms with Gasteiger partial charge in [-0.05, 0) is 13.8 Å². The van der Waals surface area contributed by atoms with E-state index in [9.17, 15) is 0 Å². The maximum Gasteiger partial charge on any atom is 0.123 e. The lowest BCUT2D eigenvalue weighted by Gasteiger charge is -2.25. The van der Waals surface area contributed by atoms with Crippen LogP contribution in [-0.2, 0) is 12.1 Å². The molecule has 12 heavy (non-hydrogen) atoms. The van der Waals surface area contributed by atoms with Crippen LogP contribution in [0.1, 0.15) is 19.7 Å². The molecule has 0 fully saturated rings. The largest absolute Gasteiger partial charge is 0.394 e. The van der Waals surface area contributed by atoms with Gasteiger partial charge >= 0.3 is 0 Å². The maximum atomic E-state index is 9.10. The highest BCUT2D eigenvalue weighted by Gasteiger charge is 2.20. The van der Waals surface area contributed by atoms with Gasteiger partial charge < -0.3 is 15.4 Å². The van der Waals surface area contributed by atoms with Crippen molar-refractivity contribution in [1.29, 1.82) is 0 Å². The van der Waals surface area contributed by atoms with Crippen molar-refractivity contribution >= 4 is 0 Å². The Morgan fingerprint density at radius 1 is 1.67 bits per heavy atom. The lowest BCUT2D eigenvalue weighted by Crippen LogP contribution is -2.32. The van der Waals surface area contributed by atoms with Crippen LogP contribution < -0.4 is 5.73 Å². The number of aliphatic hydroxyl groups is 1. The minimum absolute atomic E-state index is 0.0797. The molecule has 0 aliphatic heterocycles. The Balaban J connectivity index is 3.00. The minimum Gasteiger partial charge on any atom is -0.394 e. The summed E-state index contributed by atoms with van der Waals surface area (Å²) < 4.78 is 1.90. The van der Waals surface area contributed by atoms with E-state index in [1.54, 1.807) is 6.20 Å². The van der Waals surface area contributed by atoms with Crippen molar-refractivity contribution in [2.24, 2.45) is 5.73 Å². The number of aliphatic hydroxyl groups excluding tert-OH is 1. The van der Waals surface area contributed by atoms with Gasteiger partial charge in [-0.1, -0.05) is 0 Å². The Morgan fingerprint density at radius 3 is 2.83 bits per heavy atom. The maximum absolute atomic E-state index is 9.10. The number of hydrogen-bond acceptors (Lipinski definition) is 3. The molecule has 0 bridgehead atoms. The molecule has 4 heteroatoms. The van der Waals surface area contributed by atoms with Crippen LogP contribution in [0, 0.1) is 0 Å². The van der Waals surface area contributed by atoms with Crippen molar-refractivity contribution in [2.45, 2.75) is 25.9 Å². The Kier molecular flexibility index (Phi) is 2.49. The lowest BCUT2D eigenvalue weighted by molar-refractivity contribution is 0.161. The highest BCUT2D eigenvalue weighted by molar-refractivity contribution is 4.97. The summed E-state index contributed by atoms with van der Waals surface area (Å²) in [7, 11) is 0. The van der Waals surface area contributed by atoms with E-state index in [-0.39, 0.29) is 12.1 Å². The van der Waals surface area contributed by atoms with E-state index < -0.39 is 0 Å². The molecule has 0 aromatic carbocycles. The first-order chi connectivity index (χ1) is 5.61. The highest BCUT2D eigenvalue weighted by atomic mass is 16.3. The third-order valence-electron chi connectivity index (χ3n) is 1.94. The van der Waals surface area contributed by atoms with Gasteiger partial charge in [0.15, 0.2) is 0 Å². The Hall–Kier alpha value is -0.870. The number of imidazole rings is 1. The zero-order valence-electron chi connectivity index (χ0n) is 7.49. The fourth-order valence-corrected chi connectivity index (χ4v) is 1.11. The molecule has 0 atom stereocenters. The summed E-state index contributed by atoms with van der Waals surface area (Å²) in [5.41, 5.74) is 5.17. The molecule has 1 rings (SSSR count). The van der Waals surface area contributed by atoms with Gasteiger partial charge in [-0.15, -0.1) is 0 Å². The third kappa shape index (κ3) is 1.49. The summed E-state index contributed by atoms with van der Waals surface area (Å²) in [5.74, 6) is 0.800. The standard InChI is InChI=1S/C8H15N3O/c1-8(2,6-12)11-4-3-10-7(11)5-9/h3-4,12H,5-6,9H2,1-2H3. The van der Waals surface area contributed by atoms with Gasteiger partial charge in [0.25, 0.3) is 0 Å². The molecule has 4 nitrogen and oxygen atoms in total. The van der Waals surface area contributed by atoms with Crippen molar-refractivity contribution in [3.05, 3.63) is 18.2 Å². The molecule has 0 spiro atoms. The number of nitrogens with two attached hydrogens (primary N) is 1. The molecule has 0 aliphatic carbocycles. The predicted octanol–water partition coefficient (Wildman–Crippen LogP) is 0.0692. The zero-order valence-corrected chi connectivity index (χ0v) is 7.49. The number of aromatic nitrogens is 2. The summed E-state index contributed by atoms with van der Waals surface area (Å²) in [6.07, 6.45) is 3.53. The Labute approximate surface area is 72.0 Å². The molecule has 0 saturated carbocycles. The Bertz CT molecular complexity index is 255. The molecule has 0 saturated heterocycles. The SMILES string of the molecule is CC(C)(CO)n1ccnc1CN. The van der Waals surface area contributed by atoms with E-state index in [0.29, 0.717) is 6.54 Å². The summed E-state index contributed by atoms with van der Waals surface area (Å²) in [6.45, 7) is 4.36. The van der Waals surface area contributed by atoms with Crippen LogP contribution in [0.2, 0.25) is 0 Å². The van der Waals surface area contributed by atoms with Crippen LogP contribution in [0.25, 0.3) is 0 Å². The molecule has 0 amide bonds. The molecule has 1 aromatic heterocycles. The summed E-state index contributed by atoms with van der Waals surface area (Å²) in [5, 5.41) is 9.10. The average molecular weight is 169 g/mol. The zero-order chi connectivity index (χ0) is 9.19. The number of hydrogen-bond donors (Lipinski definition) is 2. The topological polar surface area (TPSA) is 64.1 Å². The molecular formula is C8H15N3O. The molecule has 0 unspecified atom stereocenters. The van der Waals surface area contributed by atoms with Gasteiger partial charge in [0.05, 0.1) is 18.7 Å². The van der Waals surface area contributed by atoms with Crippen LogP contribution in [0.15, 0.2) is 12.4 Å². The summed E-state index contributed by atoms with van der Waals surface area (Å²) in [6, 6.07) is 0. The first-order valence-electron chi connectivity index (χ1n) is 3.95. The van der Waals surface area contributed by atoms with Crippen LogP contribution in [0.4, 0.5) is 0 Å². The van der Waals surface area contributed by atoms with E-state index in [2.05, 4.69) is 4.98 Å². The summed E-state index contributed by atoms with van der Waals surface area (Å²) in [4.78, 5) is 4.08. The second-order valence-corrected chi connectivity index (χ2v) is 3.39. The molecule has 68 valence electrons. The molecule has 3 N–H and O–H groups in total. The molecule has 0 radical (unpaired) electrons. The van der Waals surface area contributed by atoms with Crippen LogP contribution in [-0.4, -0.2) is 21.3 Å². The second-order valence-electron chi connectivity index (χ2n) is 3.39. The second kappa shape index (κ2) is 3.25. The molecular weight excluding hydrogens is 154 g/mol. The third-order valence-corrected chi connectivity index (χ3v) is 1.94. The fraction of sp³-hybridized carbons (Fsp3) is 0.625. The highest BCUT2D eigenvalue weighted by Crippen LogP contribution is 2.15. The average Bonchev–Trinajstić information content (AvgIpc) is 2.52. The quantitative estimate of drug-likeness (QED) is 0.673. The van der Waals surface area contributed by atoms with Crippen LogP contribution >= 0.6 is 0 Å². The first kappa shape index (κ1) is 9.22. The van der Waals surface area contributed by atoms with Crippen LogP contribution in [0.5, 0.6) is 0 Å². The van der Waals surface area contributed by atoms with E-state index in [1.165, 1.54) is 0 Å². The predicted molar refractivity (Wildman–Crippen MR) is 46.5 cm³/mol. The van der Waals surface area contributed by atoms with Gasteiger partial charge in [0.2, 0.25) is 0 Å². The fourth-order valence-electron chi connectivity index (χ4n) is 1.11. The molecule has 1 aromatic rings. The van der Waals surface area contributed by atoms with Gasteiger partial charge in [-0.25, -0.2) is 4.98 Å². The monoisotopic (exact) mass is 169 g/mol. The number of nitrogens with zero attached hydrogens (tertiary/aromatic N) is 2. The smallest absolute Gasteiger partial charge is 0.123 e. The Morgan fingerprint density at radius 2 is 2.33 bits per heavy atom. The van der Waals surface area contributed by atoms with Crippen molar-refractivity contribution in [3.63, 3.8) is 0 Å². The van der Waals surface area contributed by atoms with E-state index in [1.807, 2.05) is 24.6 Å². The van der Waals surface area contributed by atoms with E-state index in [4.69, 9.17) is 10.8 Å². The first-order valence-corrected chi connectivity index (χ1v) is 3.95. The van der Waals surface area contributed by atoms with E-state index in [0.717, 1.165) is 5.82 Å². The van der Waals surface area contributed by atoms with Crippen molar-refractivity contribution in [2.75, 3.05) is 6.61 Å². The van der Waals surface area contributed by atoms with Gasteiger partial charge in [0, 0.05) is 12.4 Å². The van der Waals surface area contributed by atoms with Crippen molar-refractivity contribution < 1.29 is 5.11 Å². The summed E-state index contributed by atoms with van der Waals surface area (Å²) >= 11 is 0. The number of rotatable bonds is 3. The van der Waals surface area contributed by atoms with Crippen molar-refractivity contribution in [3.8, 4) is 0 Å². The van der Waals surface area contributed by atoms with Crippen LogP contribution in [0.3, 0.4) is 0 Å². The lowest BCUT2D eigenvalue weighted by atomic mass is 10.1. The molecule has 0 aliphatic rings. The van der Waals surface area contributed by atoms with E-state index >= 15 is 0 Å². The normalized spacial score (nSPS) is 12.0. The van der Waals surface area contributed by atoms with Gasteiger partial charge in [0.1, 0.15) is 5.82 Å².